The molecule has 1 nitrogen and oxygen atoms in total. The lowest BCUT2D eigenvalue weighted by molar-refractivity contribution is 0.501. The molecule has 18 heavy (non-hydrogen) atoms. The Morgan fingerprint density at radius 3 is 2.50 bits per heavy atom. The highest BCUT2D eigenvalue weighted by atomic mass is 79.9. The minimum Gasteiger partial charge on any atom is -0.256 e. The maximum Gasteiger partial charge on any atom is 0.0719 e. The van der Waals surface area contributed by atoms with E-state index in [0.717, 1.165) is 10.5 Å². The van der Waals surface area contributed by atoms with Crippen LogP contribution in [0, 0.1) is 5.92 Å². The Balaban J connectivity index is 2.63. The summed E-state index contributed by atoms with van der Waals surface area (Å²) in [5.74, 6) is 1.04. The van der Waals surface area contributed by atoms with Crippen LogP contribution in [0.1, 0.15) is 32.3 Å². The summed E-state index contributed by atoms with van der Waals surface area (Å²) in [6, 6.07) is 8.06. The number of rotatable bonds is 3. The molecule has 2 atom stereocenters. The summed E-state index contributed by atoms with van der Waals surface area (Å²) in [6.07, 6.45) is 1.87. The zero-order chi connectivity index (χ0) is 13.3. The van der Waals surface area contributed by atoms with Crippen LogP contribution < -0.4 is 0 Å². The van der Waals surface area contributed by atoms with E-state index in [9.17, 15) is 0 Å². The van der Waals surface area contributed by atoms with Crippen molar-refractivity contribution in [1.29, 1.82) is 0 Å². The zero-order valence-electron chi connectivity index (χ0n) is 10.8. The molecule has 0 fully saturated rings. The number of alkyl halides is 1. The molecule has 96 valence electrons. The maximum absolute atomic E-state index is 6.03. The van der Waals surface area contributed by atoms with Gasteiger partial charge in [-0.25, -0.2) is 0 Å². The summed E-state index contributed by atoms with van der Waals surface area (Å²) in [5, 5.41) is 1.94. The molecule has 0 saturated heterocycles. The lowest BCUT2D eigenvalue weighted by Gasteiger charge is -2.25. The number of nitrogens with zero attached hydrogens (tertiary/aromatic N) is 1. The predicted octanol–water partition coefficient (Wildman–Crippen LogP) is 5.41. The van der Waals surface area contributed by atoms with E-state index < -0.39 is 0 Å². The summed E-state index contributed by atoms with van der Waals surface area (Å²) in [4.78, 5) is 4.83. The van der Waals surface area contributed by atoms with E-state index in [1.807, 2.05) is 18.3 Å². The quantitative estimate of drug-likeness (QED) is 0.687. The van der Waals surface area contributed by atoms with Crippen molar-refractivity contribution in [3.05, 3.63) is 41.0 Å². The van der Waals surface area contributed by atoms with Crippen LogP contribution in [0.5, 0.6) is 0 Å². The van der Waals surface area contributed by atoms with Gasteiger partial charge in [-0.1, -0.05) is 54.4 Å². The summed E-state index contributed by atoms with van der Waals surface area (Å²) < 4.78 is 0. The molecule has 0 aliphatic heterocycles. The first-order valence-electron chi connectivity index (χ1n) is 6.19. The van der Waals surface area contributed by atoms with Crippen molar-refractivity contribution in [2.45, 2.75) is 31.5 Å². The molecule has 2 aromatic rings. The van der Waals surface area contributed by atoms with Crippen molar-refractivity contribution in [1.82, 2.24) is 4.98 Å². The van der Waals surface area contributed by atoms with Crippen LogP contribution in [0.2, 0.25) is 5.02 Å². The number of halogens is 2. The molecule has 1 heterocycles. The Morgan fingerprint density at radius 1 is 1.17 bits per heavy atom. The van der Waals surface area contributed by atoms with Gasteiger partial charge in [-0.05, 0) is 35.6 Å². The Morgan fingerprint density at radius 2 is 1.89 bits per heavy atom. The fraction of sp³-hybridized carbons (Fsp3) is 0.400. The second-order valence-electron chi connectivity index (χ2n) is 5.01. The molecule has 0 bridgehead atoms. The van der Waals surface area contributed by atoms with Gasteiger partial charge in [0, 0.05) is 21.4 Å². The molecule has 1 aromatic carbocycles. The van der Waals surface area contributed by atoms with Crippen LogP contribution in [0.15, 0.2) is 30.5 Å². The number of pyridine rings is 1. The van der Waals surface area contributed by atoms with Crippen LogP contribution in [-0.2, 0) is 0 Å². The number of hydrogen-bond acceptors (Lipinski definition) is 1. The summed E-state index contributed by atoms with van der Waals surface area (Å²) >= 11 is 9.76. The van der Waals surface area contributed by atoms with Crippen molar-refractivity contribution < 1.29 is 0 Å². The van der Waals surface area contributed by atoms with Crippen molar-refractivity contribution >= 4 is 38.4 Å². The normalized spacial score (nSPS) is 15.0. The highest BCUT2D eigenvalue weighted by molar-refractivity contribution is 9.09. The number of aromatic nitrogens is 1. The van der Waals surface area contributed by atoms with Crippen LogP contribution in [0.25, 0.3) is 10.9 Å². The fourth-order valence-corrected chi connectivity index (χ4v) is 3.63. The fourth-order valence-electron chi connectivity index (χ4n) is 2.57. The van der Waals surface area contributed by atoms with Gasteiger partial charge in [-0.2, -0.15) is 0 Å². The lowest BCUT2D eigenvalue weighted by Crippen LogP contribution is -2.16. The van der Waals surface area contributed by atoms with Gasteiger partial charge < -0.3 is 0 Å². The first-order chi connectivity index (χ1) is 8.50. The average molecular weight is 327 g/mol. The topological polar surface area (TPSA) is 12.9 Å². The van der Waals surface area contributed by atoms with Gasteiger partial charge in [0.25, 0.3) is 0 Å². The van der Waals surface area contributed by atoms with Crippen molar-refractivity contribution in [2.75, 3.05) is 0 Å². The molecule has 0 aliphatic carbocycles. The first-order valence-corrected chi connectivity index (χ1v) is 7.48. The van der Waals surface area contributed by atoms with Crippen LogP contribution in [0.4, 0.5) is 0 Å². The SMILES string of the molecule is CC(C)C(c1ccnc2cc(Cl)ccc12)C(C)Br. The van der Waals surface area contributed by atoms with E-state index in [1.54, 1.807) is 0 Å². The Bertz CT molecular complexity index is 543. The third-order valence-corrected chi connectivity index (χ3v) is 4.12. The maximum atomic E-state index is 6.03. The van der Waals surface area contributed by atoms with Crippen LogP contribution in [0.3, 0.4) is 0 Å². The molecule has 0 saturated carbocycles. The predicted molar refractivity (Wildman–Crippen MR) is 82.7 cm³/mol. The third kappa shape index (κ3) is 2.70. The Hall–Kier alpha value is -0.600. The highest BCUT2D eigenvalue weighted by Gasteiger charge is 2.22. The van der Waals surface area contributed by atoms with E-state index in [1.165, 1.54) is 10.9 Å². The van der Waals surface area contributed by atoms with E-state index in [4.69, 9.17) is 11.6 Å². The van der Waals surface area contributed by atoms with Gasteiger partial charge in [0.05, 0.1) is 5.52 Å². The van der Waals surface area contributed by atoms with Gasteiger partial charge in [0.1, 0.15) is 0 Å². The minimum absolute atomic E-state index is 0.429. The highest BCUT2D eigenvalue weighted by Crippen LogP contribution is 2.36. The van der Waals surface area contributed by atoms with Crippen molar-refractivity contribution in [2.24, 2.45) is 5.92 Å². The van der Waals surface area contributed by atoms with Crippen molar-refractivity contribution in [3.63, 3.8) is 0 Å². The molecule has 0 radical (unpaired) electrons. The number of benzene rings is 1. The molecule has 0 amide bonds. The molecule has 0 N–H and O–H groups in total. The largest absolute Gasteiger partial charge is 0.256 e. The second kappa shape index (κ2) is 5.58. The third-order valence-electron chi connectivity index (χ3n) is 3.31. The van der Waals surface area contributed by atoms with E-state index in [2.05, 4.69) is 53.8 Å². The Kier molecular flexibility index (Phi) is 4.29. The van der Waals surface area contributed by atoms with E-state index in [-0.39, 0.29) is 0 Å². The van der Waals surface area contributed by atoms with E-state index >= 15 is 0 Å². The van der Waals surface area contributed by atoms with Crippen LogP contribution in [-0.4, -0.2) is 9.81 Å². The van der Waals surface area contributed by atoms with Gasteiger partial charge in [0.15, 0.2) is 0 Å². The second-order valence-corrected chi connectivity index (χ2v) is 6.89. The molecular weight excluding hydrogens is 310 g/mol. The lowest BCUT2D eigenvalue weighted by atomic mass is 9.84. The first kappa shape index (κ1) is 13.8. The van der Waals surface area contributed by atoms with Gasteiger partial charge in [-0.3, -0.25) is 4.98 Å². The average Bonchev–Trinajstić information content (AvgIpc) is 2.27. The smallest absolute Gasteiger partial charge is 0.0719 e. The van der Waals surface area contributed by atoms with Crippen LogP contribution >= 0.6 is 27.5 Å². The molecule has 0 spiro atoms. The molecule has 1 aromatic heterocycles. The summed E-state index contributed by atoms with van der Waals surface area (Å²) in [5.41, 5.74) is 2.31. The molecule has 2 unspecified atom stereocenters. The van der Waals surface area contributed by atoms with Crippen molar-refractivity contribution in [3.8, 4) is 0 Å². The van der Waals surface area contributed by atoms with Gasteiger partial charge in [0.2, 0.25) is 0 Å². The summed E-state index contributed by atoms with van der Waals surface area (Å²) in [7, 11) is 0. The van der Waals surface area contributed by atoms with Gasteiger partial charge >= 0.3 is 0 Å². The molecule has 2 rings (SSSR count). The zero-order valence-corrected chi connectivity index (χ0v) is 13.2. The summed E-state index contributed by atoms with van der Waals surface area (Å²) in [6.45, 7) is 6.71. The Labute approximate surface area is 122 Å². The van der Waals surface area contributed by atoms with Gasteiger partial charge in [-0.15, -0.1) is 0 Å². The number of fused-ring (bicyclic) bond motifs is 1. The van der Waals surface area contributed by atoms with E-state index in [0.29, 0.717) is 16.7 Å². The minimum atomic E-state index is 0.429. The molecule has 0 aliphatic rings. The number of hydrogen-bond donors (Lipinski definition) is 0. The standard InChI is InChI=1S/C15H17BrClN/c1-9(2)15(10(3)16)13-6-7-18-14-8-11(17)4-5-12(13)14/h4-10,15H,1-3H3. The molecule has 3 heteroatoms. The molecular formula is C15H17BrClN. The monoisotopic (exact) mass is 325 g/mol.